The number of benzene rings is 2. The van der Waals surface area contributed by atoms with E-state index in [1.165, 1.54) is 6.07 Å². The lowest BCUT2D eigenvalue weighted by atomic mass is 9.61. The van der Waals surface area contributed by atoms with E-state index in [9.17, 15) is 24.0 Å². The number of amides is 5. The summed E-state index contributed by atoms with van der Waals surface area (Å²) in [6, 6.07) is 9.30. The minimum atomic E-state index is -0.981. The van der Waals surface area contributed by atoms with Crippen LogP contribution >= 0.6 is 0 Å². The highest BCUT2D eigenvalue weighted by molar-refractivity contribution is 6.23. The molecule has 1 spiro atoms. The average molecular weight is 817 g/mol. The third-order valence-corrected chi connectivity index (χ3v) is 13.3. The van der Waals surface area contributed by atoms with Crippen molar-refractivity contribution >= 4 is 57.7 Å². The van der Waals surface area contributed by atoms with Crippen molar-refractivity contribution in [3.63, 3.8) is 0 Å². The van der Waals surface area contributed by atoms with E-state index < -0.39 is 41.6 Å². The smallest absolute Gasteiger partial charge is 0.413 e. The molecule has 6 aliphatic rings. The van der Waals surface area contributed by atoms with E-state index in [2.05, 4.69) is 35.7 Å². The number of hydrogen-bond donors (Lipinski definition) is 3. The number of aromatic nitrogens is 2. The van der Waals surface area contributed by atoms with Gasteiger partial charge in [0.15, 0.2) is 0 Å². The predicted molar refractivity (Wildman–Crippen MR) is 218 cm³/mol. The summed E-state index contributed by atoms with van der Waals surface area (Å²) in [7, 11) is 0. The summed E-state index contributed by atoms with van der Waals surface area (Å²) in [6.45, 7) is 9.05. The molecule has 3 saturated heterocycles. The Kier molecular flexibility index (Phi) is 9.22. The largest absolute Gasteiger partial charge is 0.474 e. The van der Waals surface area contributed by atoms with Gasteiger partial charge in [0, 0.05) is 66.6 Å². The minimum Gasteiger partial charge on any atom is -0.474 e. The first kappa shape index (κ1) is 38.1. The highest BCUT2D eigenvalue weighted by atomic mass is 19.1. The molecule has 15 nitrogen and oxygen atoms in total. The van der Waals surface area contributed by atoms with Gasteiger partial charge in [-0.25, -0.2) is 19.2 Å². The number of imide groups is 2. The van der Waals surface area contributed by atoms with Crippen LogP contribution in [0.5, 0.6) is 5.88 Å². The summed E-state index contributed by atoms with van der Waals surface area (Å²) in [4.78, 5) is 77.8. The van der Waals surface area contributed by atoms with Gasteiger partial charge in [0.25, 0.3) is 11.8 Å². The van der Waals surface area contributed by atoms with Crippen LogP contribution in [-0.4, -0.2) is 107 Å². The molecule has 310 valence electrons. The predicted octanol–water partition coefficient (Wildman–Crippen LogP) is 5.27. The quantitative estimate of drug-likeness (QED) is 0.207. The van der Waals surface area contributed by atoms with E-state index in [1.54, 1.807) is 36.7 Å². The number of hydrogen-bond acceptors (Lipinski definition) is 12. The van der Waals surface area contributed by atoms with E-state index in [0.717, 1.165) is 80.2 Å². The number of rotatable bonds is 7. The van der Waals surface area contributed by atoms with Gasteiger partial charge in [-0.2, -0.15) is 0 Å². The van der Waals surface area contributed by atoms with Crippen LogP contribution < -0.4 is 25.6 Å². The van der Waals surface area contributed by atoms with Crippen LogP contribution in [0.3, 0.4) is 0 Å². The van der Waals surface area contributed by atoms with Crippen molar-refractivity contribution in [2.75, 3.05) is 54.9 Å². The number of nitrogens with zero attached hydrogens (tertiary/aromatic N) is 5. The molecule has 4 fully saturated rings. The highest BCUT2D eigenvalue weighted by Gasteiger charge is 2.48. The van der Waals surface area contributed by atoms with Crippen molar-refractivity contribution in [2.24, 2.45) is 11.3 Å². The first-order valence-electron chi connectivity index (χ1n) is 20.7. The van der Waals surface area contributed by atoms with Crippen molar-refractivity contribution < 1.29 is 37.8 Å². The van der Waals surface area contributed by atoms with Gasteiger partial charge < -0.3 is 24.6 Å². The van der Waals surface area contributed by atoms with Crippen LogP contribution in [0.15, 0.2) is 48.8 Å². The van der Waals surface area contributed by atoms with Gasteiger partial charge >= 0.3 is 6.09 Å². The summed E-state index contributed by atoms with van der Waals surface area (Å²) < 4.78 is 27.0. The topological polar surface area (TPSA) is 175 Å². The first-order chi connectivity index (χ1) is 28.9. The van der Waals surface area contributed by atoms with Crippen LogP contribution in [0, 0.1) is 24.1 Å². The zero-order valence-electron chi connectivity index (χ0n) is 33.4. The molecule has 10 rings (SSSR count). The second-order valence-electron chi connectivity index (χ2n) is 17.4. The summed E-state index contributed by atoms with van der Waals surface area (Å²) in [5.41, 5.74) is 4.27. The van der Waals surface area contributed by atoms with Gasteiger partial charge in [-0.3, -0.25) is 34.7 Å². The Hall–Kier alpha value is -6.16. The number of carbonyl (C=O) groups excluding carboxylic acids is 5. The molecule has 3 N–H and O–H groups in total. The Labute approximate surface area is 345 Å². The average Bonchev–Trinajstić information content (AvgIpc) is 3.44. The van der Waals surface area contributed by atoms with Gasteiger partial charge in [-0.1, -0.05) is 0 Å². The van der Waals surface area contributed by atoms with Crippen molar-refractivity contribution in [1.29, 1.82) is 0 Å². The molecule has 5 aliphatic heterocycles. The van der Waals surface area contributed by atoms with Gasteiger partial charge in [0.05, 0.1) is 17.2 Å². The lowest BCUT2D eigenvalue weighted by Gasteiger charge is -2.52. The van der Waals surface area contributed by atoms with E-state index in [0.29, 0.717) is 51.7 Å². The van der Waals surface area contributed by atoms with E-state index in [1.807, 2.05) is 19.9 Å². The summed E-state index contributed by atoms with van der Waals surface area (Å²) in [5.74, 6) is -1.11. The molecular weight excluding hydrogens is 772 g/mol. The fourth-order valence-corrected chi connectivity index (χ4v) is 9.87. The van der Waals surface area contributed by atoms with Gasteiger partial charge in [-0.15, -0.1) is 0 Å². The Morgan fingerprint density at radius 3 is 2.53 bits per heavy atom. The van der Waals surface area contributed by atoms with Crippen LogP contribution in [0.1, 0.15) is 71.7 Å². The molecule has 2 aromatic carbocycles. The molecule has 1 saturated carbocycles. The molecule has 1 aliphatic carbocycles. The third kappa shape index (κ3) is 6.75. The van der Waals surface area contributed by atoms with Crippen LogP contribution in [-0.2, 0) is 14.3 Å². The fourth-order valence-electron chi connectivity index (χ4n) is 9.87. The Morgan fingerprint density at radius 1 is 0.967 bits per heavy atom. The Balaban J connectivity index is 0.685. The monoisotopic (exact) mass is 816 g/mol. The van der Waals surface area contributed by atoms with Crippen LogP contribution in [0.4, 0.5) is 26.4 Å². The minimum absolute atomic E-state index is 0.0838. The number of ether oxygens (including phenoxy) is 2. The molecule has 5 amide bonds. The van der Waals surface area contributed by atoms with E-state index >= 15 is 4.39 Å². The van der Waals surface area contributed by atoms with Crippen molar-refractivity contribution in [3.05, 3.63) is 71.3 Å². The first-order valence-corrected chi connectivity index (χ1v) is 20.7. The molecule has 0 radical (unpaired) electrons. The standard InChI is InChI=1S/C44H45FN8O7/c1-23-22-59-40-38(48-23)24(2)33(18-47-40)31-11-26-13-36(46-17-27(26)12-34(31)45)49-43(58)60-29-15-44(16-29)7-9-51(10-8-44)19-25-20-52(21-25)28-3-4-30-32(14-28)42(57)53(41(30)56)35-5-6-37(54)50-39(35)55/h3-4,11-14,17-18,23,25,29,35,48H,5-10,15-16,19-22H2,1-2H3,(H,46,49,58)(H,50,54,55). The number of piperidine rings is 2. The van der Waals surface area contributed by atoms with E-state index in [4.69, 9.17) is 9.47 Å². The number of likely N-dealkylation sites (tertiary alicyclic amines) is 1. The number of fused-ring (bicyclic) bond motifs is 3. The second-order valence-corrected chi connectivity index (χ2v) is 17.4. The zero-order valence-corrected chi connectivity index (χ0v) is 33.4. The van der Waals surface area contributed by atoms with Crippen molar-refractivity contribution in [1.82, 2.24) is 25.1 Å². The van der Waals surface area contributed by atoms with Crippen molar-refractivity contribution in [3.8, 4) is 17.0 Å². The number of anilines is 3. The normalized spacial score (nSPS) is 22.7. The molecule has 0 bridgehead atoms. The Morgan fingerprint density at radius 2 is 1.75 bits per heavy atom. The SMILES string of the molecule is Cc1c(-c2cc3cc(NC(=O)OC4CC5(CCN(CC6CN(c7ccc8c(c7)C(=O)N(C7CCC(=O)NC7=O)C8=O)C6)CC5)C4)ncc3cc2F)cnc2c1NC(C)CO2. The lowest BCUT2D eigenvalue weighted by Crippen LogP contribution is -2.55. The lowest BCUT2D eigenvalue weighted by molar-refractivity contribution is -0.136. The molecule has 16 heteroatoms. The number of pyridine rings is 2. The Bertz CT molecular complexity index is 2490. The molecule has 4 aromatic rings. The molecular formula is C44H45FN8O7. The maximum atomic E-state index is 15.4. The van der Waals surface area contributed by atoms with E-state index in [-0.39, 0.29) is 36.0 Å². The molecule has 2 aromatic heterocycles. The maximum Gasteiger partial charge on any atom is 0.413 e. The summed E-state index contributed by atoms with van der Waals surface area (Å²) in [5, 5.41) is 9.72. The molecule has 60 heavy (non-hydrogen) atoms. The molecule has 7 heterocycles. The molecule has 2 unspecified atom stereocenters. The zero-order chi connectivity index (χ0) is 41.4. The van der Waals surface area contributed by atoms with Crippen LogP contribution in [0.25, 0.3) is 21.9 Å². The molecule has 2 atom stereocenters. The van der Waals surface area contributed by atoms with Gasteiger partial charge in [0.1, 0.15) is 36.1 Å². The maximum absolute atomic E-state index is 15.4. The van der Waals surface area contributed by atoms with Gasteiger partial charge in [0.2, 0.25) is 17.7 Å². The highest BCUT2D eigenvalue weighted by Crippen LogP contribution is 2.50. The third-order valence-electron chi connectivity index (χ3n) is 13.3. The fraction of sp³-hybridized carbons (Fsp3) is 0.432. The number of carbonyl (C=O) groups is 5. The number of halogens is 1. The van der Waals surface area contributed by atoms with Gasteiger partial charge in [-0.05, 0) is 112 Å². The van der Waals surface area contributed by atoms with Crippen molar-refractivity contribution in [2.45, 2.75) is 70.6 Å². The number of nitrogens with one attached hydrogen (secondary N) is 3. The summed E-state index contributed by atoms with van der Waals surface area (Å²) >= 11 is 0. The second kappa shape index (κ2) is 14.5. The van der Waals surface area contributed by atoms with Crippen LogP contribution in [0.2, 0.25) is 0 Å². The summed E-state index contributed by atoms with van der Waals surface area (Å²) in [6.07, 6.45) is 6.40.